The van der Waals surface area contributed by atoms with Crippen molar-refractivity contribution in [2.45, 2.75) is 50.4 Å². The van der Waals surface area contributed by atoms with Gasteiger partial charge in [0, 0.05) is 18.6 Å². The predicted molar refractivity (Wildman–Crippen MR) is 73.8 cm³/mol. The van der Waals surface area contributed by atoms with Gasteiger partial charge in [-0.15, -0.1) is 0 Å². The van der Waals surface area contributed by atoms with Crippen LogP contribution in [0.4, 0.5) is 13.2 Å². The fourth-order valence-corrected chi connectivity index (χ4v) is 5.07. The van der Waals surface area contributed by atoms with Crippen molar-refractivity contribution in [1.29, 1.82) is 0 Å². The lowest BCUT2D eigenvalue weighted by Crippen LogP contribution is -2.49. The van der Waals surface area contributed by atoms with Gasteiger partial charge in [-0.1, -0.05) is 0 Å². The van der Waals surface area contributed by atoms with Gasteiger partial charge in [0.05, 0.1) is 10.8 Å². The fourth-order valence-electron chi connectivity index (χ4n) is 5.07. The van der Waals surface area contributed by atoms with E-state index in [9.17, 15) is 18.0 Å². The molecule has 124 valence electrons. The molecule has 22 heavy (non-hydrogen) atoms. The SMILES string of the molecule is NC(=O)C12CC1(C(F)(F)F)CNC2C1CCN(C2CC2)CC1. The molecule has 4 rings (SSSR count). The van der Waals surface area contributed by atoms with Crippen LogP contribution in [0.1, 0.15) is 32.1 Å². The van der Waals surface area contributed by atoms with Crippen molar-refractivity contribution in [1.82, 2.24) is 10.2 Å². The number of fused-ring (bicyclic) bond motifs is 1. The second kappa shape index (κ2) is 4.38. The van der Waals surface area contributed by atoms with E-state index in [4.69, 9.17) is 5.73 Å². The Morgan fingerprint density at radius 3 is 2.27 bits per heavy atom. The molecule has 2 heterocycles. The summed E-state index contributed by atoms with van der Waals surface area (Å²) in [6.45, 7) is 1.70. The van der Waals surface area contributed by atoms with Gasteiger partial charge in [-0.2, -0.15) is 13.2 Å². The molecule has 0 spiro atoms. The van der Waals surface area contributed by atoms with E-state index in [-0.39, 0.29) is 18.9 Å². The standard InChI is InChI=1S/C15H22F3N3O/c16-15(17,18)13-7-14(13,12(19)22)11(20-8-13)9-3-5-21(6-4-9)10-1-2-10/h9-11,20H,1-8H2,(H2,19,22). The second-order valence-electron chi connectivity index (χ2n) is 7.56. The average Bonchev–Trinajstić information content (AvgIpc) is 3.35. The number of alkyl halides is 3. The van der Waals surface area contributed by atoms with Gasteiger partial charge >= 0.3 is 6.18 Å². The van der Waals surface area contributed by atoms with Gasteiger partial charge in [-0.3, -0.25) is 4.79 Å². The first-order valence-corrected chi connectivity index (χ1v) is 8.16. The van der Waals surface area contributed by atoms with Crippen LogP contribution in [0.5, 0.6) is 0 Å². The van der Waals surface area contributed by atoms with Crippen molar-refractivity contribution in [3.05, 3.63) is 0 Å². The number of primary amides is 1. The first-order chi connectivity index (χ1) is 10.3. The van der Waals surface area contributed by atoms with Crippen LogP contribution in [0.25, 0.3) is 0 Å². The zero-order valence-electron chi connectivity index (χ0n) is 12.5. The highest BCUT2D eigenvalue weighted by Gasteiger charge is 2.87. The third kappa shape index (κ3) is 1.75. The molecule has 1 amide bonds. The molecule has 2 saturated heterocycles. The Balaban J connectivity index is 1.52. The van der Waals surface area contributed by atoms with Crippen LogP contribution in [0.3, 0.4) is 0 Å². The zero-order valence-corrected chi connectivity index (χ0v) is 12.5. The monoisotopic (exact) mass is 317 g/mol. The van der Waals surface area contributed by atoms with E-state index in [1.165, 1.54) is 12.8 Å². The van der Waals surface area contributed by atoms with Crippen molar-refractivity contribution < 1.29 is 18.0 Å². The fraction of sp³-hybridized carbons (Fsp3) is 0.933. The Labute approximate surface area is 127 Å². The number of amides is 1. The maximum absolute atomic E-state index is 13.5. The number of rotatable bonds is 3. The molecular weight excluding hydrogens is 295 g/mol. The number of likely N-dealkylation sites (tertiary alicyclic amines) is 1. The van der Waals surface area contributed by atoms with E-state index in [1.807, 2.05) is 0 Å². The van der Waals surface area contributed by atoms with Crippen molar-refractivity contribution in [3.8, 4) is 0 Å². The number of nitrogens with two attached hydrogens (primary N) is 1. The van der Waals surface area contributed by atoms with Crippen LogP contribution in [0.2, 0.25) is 0 Å². The first kappa shape index (κ1) is 14.8. The van der Waals surface area contributed by atoms with Crippen molar-refractivity contribution in [3.63, 3.8) is 0 Å². The molecule has 2 aliphatic heterocycles. The Hall–Kier alpha value is -0.820. The number of nitrogens with one attached hydrogen (secondary N) is 1. The van der Waals surface area contributed by atoms with E-state index in [0.29, 0.717) is 6.04 Å². The van der Waals surface area contributed by atoms with Crippen LogP contribution in [0, 0.1) is 16.7 Å². The highest BCUT2D eigenvalue weighted by Crippen LogP contribution is 2.75. The van der Waals surface area contributed by atoms with E-state index in [0.717, 1.165) is 25.9 Å². The summed E-state index contributed by atoms with van der Waals surface area (Å²) in [5, 5.41) is 3.02. The van der Waals surface area contributed by atoms with E-state index < -0.39 is 29.0 Å². The van der Waals surface area contributed by atoms with Crippen LogP contribution in [-0.4, -0.2) is 48.7 Å². The molecular formula is C15H22F3N3O. The lowest BCUT2D eigenvalue weighted by molar-refractivity contribution is -0.192. The van der Waals surface area contributed by atoms with Gasteiger partial charge in [-0.05, 0) is 51.1 Å². The van der Waals surface area contributed by atoms with Crippen LogP contribution >= 0.6 is 0 Å². The lowest BCUT2D eigenvalue weighted by atomic mass is 9.78. The minimum absolute atomic E-state index is 0.120. The van der Waals surface area contributed by atoms with Crippen LogP contribution in [-0.2, 0) is 4.79 Å². The number of hydrogen-bond donors (Lipinski definition) is 2. The van der Waals surface area contributed by atoms with Gasteiger partial charge in [-0.25, -0.2) is 0 Å². The third-order valence-corrected chi connectivity index (χ3v) is 6.56. The minimum Gasteiger partial charge on any atom is -0.369 e. The van der Waals surface area contributed by atoms with Gasteiger partial charge in [0.15, 0.2) is 0 Å². The summed E-state index contributed by atoms with van der Waals surface area (Å²) in [7, 11) is 0. The number of nitrogens with zero attached hydrogens (tertiary/aromatic N) is 1. The highest BCUT2D eigenvalue weighted by molar-refractivity contribution is 5.87. The summed E-state index contributed by atoms with van der Waals surface area (Å²) >= 11 is 0. The number of hydrogen-bond acceptors (Lipinski definition) is 3. The highest BCUT2D eigenvalue weighted by atomic mass is 19.4. The molecule has 3 N–H and O–H groups in total. The molecule has 0 aromatic heterocycles. The quantitative estimate of drug-likeness (QED) is 0.824. The Morgan fingerprint density at radius 1 is 1.18 bits per heavy atom. The maximum atomic E-state index is 13.5. The Kier molecular flexibility index (Phi) is 2.94. The van der Waals surface area contributed by atoms with Crippen molar-refractivity contribution >= 4 is 5.91 Å². The molecule has 0 radical (unpaired) electrons. The molecule has 3 unspecified atom stereocenters. The number of piperidine rings is 2. The van der Waals surface area contributed by atoms with Crippen molar-refractivity contribution in [2.24, 2.45) is 22.5 Å². The lowest BCUT2D eigenvalue weighted by Gasteiger charge is -2.37. The van der Waals surface area contributed by atoms with Gasteiger partial charge in [0.2, 0.25) is 5.91 Å². The van der Waals surface area contributed by atoms with E-state index in [1.54, 1.807) is 0 Å². The molecule has 0 aromatic carbocycles. The smallest absolute Gasteiger partial charge is 0.369 e. The third-order valence-electron chi connectivity index (χ3n) is 6.56. The van der Waals surface area contributed by atoms with Crippen LogP contribution in [0.15, 0.2) is 0 Å². The zero-order chi connectivity index (χ0) is 15.8. The molecule has 4 fully saturated rings. The molecule has 2 saturated carbocycles. The largest absolute Gasteiger partial charge is 0.396 e. The number of halogens is 3. The summed E-state index contributed by atoms with van der Waals surface area (Å²) in [6, 6.07) is 0.283. The van der Waals surface area contributed by atoms with Crippen LogP contribution < -0.4 is 11.1 Å². The van der Waals surface area contributed by atoms with Gasteiger partial charge < -0.3 is 16.0 Å². The summed E-state index contributed by atoms with van der Waals surface area (Å²) < 4.78 is 40.4. The first-order valence-electron chi connectivity index (χ1n) is 8.16. The molecule has 2 aliphatic carbocycles. The molecule has 4 nitrogen and oxygen atoms in total. The topological polar surface area (TPSA) is 58.4 Å². The summed E-state index contributed by atoms with van der Waals surface area (Å²) in [5.41, 5.74) is 2.13. The maximum Gasteiger partial charge on any atom is 0.396 e. The molecule has 0 aromatic rings. The van der Waals surface area contributed by atoms with Crippen molar-refractivity contribution in [2.75, 3.05) is 19.6 Å². The average molecular weight is 317 g/mol. The Bertz CT molecular complexity index is 499. The van der Waals surface area contributed by atoms with Gasteiger partial charge in [0.1, 0.15) is 0 Å². The summed E-state index contributed by atoms with van der Waals surface area (Å²) in [6.07, 6.45) is -0.282. The second-order valence-corrected chi connectivity index (χ2v) is 7.56. The molecule has 4 aliphatic rings. The van der Waals surface area contributed by atoms with E-state index >= 15 is 0 Å². The van der Waals surface area contributed by atoms with E-state index in [2.05, 4.69) is 10.2 Å². The molecule has 3 atom stereocenters. The molecule has 7 heteroatoms. The molecule has 0 bridgehead atoms. The normalized spacial score (nSPS) is 43.1. The number of carbonyl (C=O) groups excluding carboxylic acids is 1. The predicted octanol–water partition coefficient (Wildman–Crippen LogP) is 1.26. The Morgan fingerprint density at radius 2 is 1.82 bits per heavy atom. The summed E-state index contributed by atoms with van der Waals surface area (Å²) in [4.78, 5) is 14.4. The van der Waals surface area contributed by atoms with Gasteiger partial charge in [0.25, 0.3) is 0 Å². The number of carbonyl (C=O) groups is 1. The summed E-state index contributed by atoms with van der Waals surface area (Å²) in [5.74, 6) is -0.654. The minimum atomic E-state index is -4.36.